The van der Waals surface area contributed by atoms with E-state index in [1.165, 1.54) is 104 Å². The van der Waals surface area contributed by atoms with E-state index in [9.17, 15) is 0 Å². The molecule has 12 nitrogen and oxygen atoms in total. The Morgan fingerprint density at radius 3 is 0.770 bits per heavy atom. The van der Waals surface area contributed by atoms with Gasteiger partial charge in [0.1, 0.15) is 0 Å². The Balaban J connectivity index is 0.000000112. The molecule has 0 spiro atoms. The van der Waals surface area contributed by atoms with E-state index in [1.54, 1.807) is 0 Å². The molecule has 0 aliphatic heterocycles. The van der Waals surface area contributed by atoms with Crippen molar-refractivity contribution in [3.63, 3.8) is 0 Å². The Labute approximate surface area is 725 Å². The fourth-order valence-electron chi connectivity index (χ4n) is 17.2. The Hall–Kier alpha value is -17.2. The van der Waals surface area contributed by atoms with Crippen molar-refractivity contribution in [3.05, 3.63) is 455 Å². The third kappa shape index (κ3) is 14.5. The minimum Gasteiger partial charge on any atom is -0.416 e. The van der Waals surface area contributed by atoms with Crippen molar-refractivity contribution in [1.29, 1.82) is 0 Å². The second-order valence-corrected chi connectivity index (χ2v) is 31.0. The van der Waals surface area contributed by atoms with Crippen molar-refractivity contribution in [2.45, 2.75) is 0 Å². The smallest absolute Gasteiger partial charge is 0.248 e. The van der Waals surface area contributed by atoms with Crippen LogP contribution in [0.2, 0.25) is 0 Å². The molecule has 0 saturated carbocycles. The van der Waals surface area contributed by atoms with Gasteiger partial charge in [-0.3, -0.25) is 0 Å². The zero-order valence-electron chi connectivity index (χ0n) is 68.1. The van der Waals surface area contributed by atoms with Gasteiger partial charge in [0.2, 0.25) is 35.3 Å². The van der Waals surface area contributed by atoms with Crippen LogP contribution in [0.25, 0.3) is 218 Å². The van der Waals surface area contributed by atoms with Crippen molar-refractivity contribution in [1.82, 2.24) is 44.3 Å². The van der Waals surface area contributed by atoms with Gasteiger partial charge in [-0.2, -0.15) is 0 Å². The van der Waals surface area contributed by atoms with Crippen LogP contribution in [-0.4, -0.2) is 44.3 Å². The molecule has 24 aromatic rings. The highest BCUT2D eigenvalue weighted by molar-refractivity contribution is 6.13. The van der Waals surface area contributed by atoms with Gasteiger partial charge in [-0.05, 0) is 219 Å². The average Bonchev–Trinajstić information content (AvgIpc) is 1.58. The minimum absolute atomic E-state index is 0.510. The second-order valence-electron chi connectivity index (χ2n) is 31.0. The first-order chi connectivity index (χ1) is 62.5. The molecular weight excluding hydrogens is 1540 g/mol. The van der Waals surface area contributed by atoms with Crippen molar-refractivity contribution in [2.75, 3.05) is 0 Å². The number of benzene rings is 18. The predicted molar refractivity (Wildman–Crippen MR) is 511 cm³/mol. The first-order valence-electron chi connectivity index (χ1n) is 42.0. The lowest BCUT2D eigenvalue weighted by Crippen LogP contribution is -1.96. The average molecular weight is 1620 g/mol. The topological polar surface area (TPSA) is 132 Å². The number of aromatic nitrogens is 9. The Morgan fingerprint density at radius 1 is 0.143 bits per heavy atom. The van der Waals surface area contributed by atoms with Gasteiger partial charge >= 0.3 is 0 Å². The molecule has 6 heterocycles. The quantitative estimate of drug-likeness (QED) is 0.0984. The van der Waals surface area contributed by atoms with Crippen molar-refractivity contribution < 1.29 is 13.3 Å². The van der Waals surface area contributed by atoms with Gasteiger partial charge in [0.25, 0.3) is 0 Å². The molecule has 0 bridgehead atoms. The molecular formula is C114H75N9O3. The molecule has 0 fully saturated rings. The molecule has 0 aliphatic carbocycles. The maximum Gasteiger partial charge on any atom is 0.248 e. The Bertz CT molecular complexity index is 8020. The molecule has 18 aromatic carbocycles. The summed E-state index contributed by atoms with van der Waals surface area (Å²) in [7, 11) is 0. The van der Waals surface area contributed by atoms with Crippen molar-refractivity contribution in [3.8, 4) is 153 Å². The number of hydrogen-bond donors (Lipinski definition) is 0. The van der Waals surface area contributed by atoms with E-state index >= 15 is 0 Å². The van der Waals surface area contributed by atoms with Gasteiger partial charge in [-0.1, -0.05) is 297 Å². The summed E-state index contributed by atoms with van der Waals surface area (Å²) in [6.45, 7) is 0. The lowest BCUT2D eigenvalue weighted by molar-refractivity contribution is 0.584. The van der Waals surface area contributed by atoms with Gasteiger partial charge in [0.05, 0.1) is 38.8 Å². The molecule has 0 aliphatic rings. The highest BCUT2D eigenvalue weighted by Crippen LogP contribution is 2.43. The zero-order valence-corrected chi connectivity index (χ0v) is 68.1. The van der Waals surface area contributed by atoms with Crippen LogP contribution in [0.5, 0.6) is 0 Å². The Kier molecular flexibility index (Phi) is 19.7. The summed E-state index contributed by atoms with van der Waals surface area (Å²) < 4.78 is 25.0. The van der Waals surface area contributed by atoms with Crippen LogP contribution in [0.3, 0.4) is 0 Å². The highest BCUT2D eigenvalue weighted by Gasteiger charge is 2.22. The molecule has 6 aromatic heterocycles. The fourth-order valence-corrected chi connectivity index (χ4v) is 17.2. The number of nitrogens with zero attached hydrogens (tertiary/aromatic N) is 9. The van der Waals surface area contributed by atoms with Crippen LogP contribution in [0.4, 0.5) is 0 Å². The van der Waals surface area contributed by atoms with E-state index in [2.05, 4.69) is 366 Å². The summed E-state index contributed by atoms with van der Waals surface area (Å²) in [5.74, 6) is 3.09. The summed E-state index contributed by atoms with van der Waals surface area (Å²) in [4.78, 5) is 0. The van der Waals surface area contributed by atoms with Crippen LogP contribution in [0, 0.1) is 0 Å². The van der Waals surface area contributed by atoms with Crippen LogP contribution in [0.15, 0.2) is 468 Å². The molecule has 0 radical (unpaired) electrons. The second kappa shape index (κ2) is 33.1. The van der Waals surface area contributed by atoms with Gasteiger partial charge in [-0.25, -0.2) is 0 Å². The first kappa shape index (κ1) is 75.0. The van der Waals surface area contributed by atoms with Crippen LogP contribution in [-0.2, 0) is 0 Å². The molecule has 0 N–H and O–H groups in total. The molecule has 12 heteroatoms. The van der Waals surface area contributed by atoms with Gasteiger partial charge in [-0.15, -0.1) is 30.6 Å². The van der Waals surface area contributed by atoms with Crippen LogP contribution in [0.1, 0.15) is 0 Å². The number of para-hydroxylation sites is 4. The lowest BCUT2D eigenvalue weighted by Gasteiger charge is -2.14. The standard InChI is InChI=1S/3C38H25N3O/c1-3-11-27(12-4-1)31-15-7-9-17-34(31)41-35-18-10-8-16-32(35)33-25-30(23-24-36(33)41)26-19-21-29(22-20-26)38-40-39-37(42-38)28-13-5-2-6-14-28;1-3-10-26(11-4-1)30-14-9-15-32(24-30)41-35-17-8-7-16-33(35)34-25-31(22-23-36(34)41)27-18-20-29(21-19-27)38-40-39-37(42-38)28-12-5-2-6-13-28;1-3-9-26(10-4-1)27-19-22-32(23-20-27)41-35-14-8-7-13-33(35)34-25-31(21-24-36(34)41)28-15-17-30(18-16-28)38-40-39-37(42-38)29-11-5-2-6-12-29/h3*1-25H. The minimum atomic E-state index is 0.510. The third-order valence-electron chi connectivity index (χ3n) is 23.4. The third-order valence-corrected chi connectivity index (χ3v) is 23.4. The van der Waals surface area contributed by atoms with E-state index in [0.29, 0.717) is 35.3 Å². The van der Waals surface area contributed by atoms with Gasteiger partial charge in [0, 0.05) is 82.6 Å². The molecule has 594 valence electrons. The lowest BCUT2D eigenvalue weighted by atomic mass is 10.0. The van der Waals surface area contributed by atoms with Gasteiger partial charge < -0.3 is 27.0 Å². The van der Waals surface area contributed by atoms with E-state index in [4.69, 9.17) is 13.3 Å². The summed E-state index contributed by atoms with van der Waals surface area (Å²) >= 11 is 0. The molecule has 0 saturated heterocycles. The number of rotatable bonds is 15. The summed E-state index contributed by atoms with van der Waals surface area (Å²) in [6, 6.07) is 158. The van der Waals surface area contributed by atoms with Crippen molar-refractivity contribution in [2.24, 2.45) is 0 Å². The SMILES string of the molecule is c1ccc(-c2ccc(-n3c4ccccc4c4cc(-c5ccc(-c6nnc(-c7ccccc7)o6)cc5)ccc43)cc2)cc1.c1ccc(-c2cccc(-n3c4ccccc4c4cc(-c5ccc(-c6nnc(-c7ccccc7)o6)cc5)ccc43)c2)cc1.c1ccc(-c2nnc(-c3ccc(-c4ccc5c(c4)c4ccccc4n5-c4ccccc4-c4ccccc4)cc3)o2)cc1. The monoisotopic (exact) mass is 1620 g/mol. The summed E-state index contributed by atoms with van der Waals surface area (Å²) in [6.07, 6.45) is 0. The maximum atomic E-state index is 5.97. The summed E-state index contributed by atoms with van der Waals surface area (Å²) in [5.41, 5.74) is 30.1. The molecule has 24 rings (SSSR count). The highest BCUT2D eigenvalue weighted by atomic mass is 16.4. The Morgan fingerprint density at radius 2 is 0.381 bits per heavy atom. The van der Waals surface area contributed by atoms with E-state index < -0.39 is 0 Å². The molecule has 0 unspecified atom stereocenters. The van der Waals surface area contributed by atoms with Gasteiger partial charge in [0.15, 0.2) is 0 Å². The molecule has 0 atom stereocenters. The van der Waals surface area contributed by atoms with E-state index in [-0.39, 0.29) is 0 Å². The zero-order chi connectivity index (χ0) is 83.6. The predicted octanol–water partition coefficient (Wildman–Crippen LogP) is 29.5. The van der Waals surface area contributed by atoms with E-state index in [0.717, 1.165) is 78.1 Å². The van der Waals surface area contributed by atoms with Crippen LogP contribution < -0.4 is 0 Å². The normalized spacial score (nSPS) is 11.3. The molecule has 126 heavy (non-hydrogen) atoms. The van der Waals surface area contributed by atoms with Crippen LogP contribution >= 0.6 is 0 Å². The van der Waals surface area contributed by atoms with Crippen molar-refractivity contribution >= 4 is 65.4 Å². The summed E-state index contributed by atoms with van der Waals surface area (Å²) in [5, 5.41) is 32.9. The fraction of sp³-hybridized carbons (Fsp3) is 0. The molecule has 0 amide bonds. The van der Waals surface area contributed by atoms with E-state index in [1.807, 2.05) is 133 Å². The largest absolute Gasteiger partial charge is 0.416 e. The number of hydrogen-bond acceptors (Lipinski definition) is 9. The maximum absolute atomic E-state index is 5.97. The first-order valence-corrected chi connectivity index (χ1v) is 42.0. The number of fused-ring (bicyclic) bond motifs is 9.